The fraction of sp³-hybridized carbons (Fsp3) is 0. The molecular weight excluding hydrogens is 243 g/mol. The summed E-state index contributed by atoms with van der Waals surface area (Å²) in [6.45, 7) is 0. The number of para-hydroxylation sites is 1. The number of rotatable bonds is 2. The van der Waals surface area contributed by atoms with Crippen molar-refractivity contribution in [1.82, 2.24) is 0 Å². The van der Waals surface area contributed by atoms with Crippen molar-refractivity contribution in [2.24, 2.45) is 0 Å². The number of nitrogen functional groups attached to an aromatic ring is 1. The molecule has 0 aliphatic carbocycles. The van der Waals surface area contributed by atoms with Crippen LogP contribution >= 0.6 is 23.2 Å². The summed E-state index contributed by atoms with van der Waals surface area (Å²) in [7, 11) is 0. The van der Waals surface area contributed by atoms with Crippen LogP contribution in [-0.2, 0) is 0 Å². The number of nitrogens with two attached hydrogens (primary N) is 1. The Morgan fingerprint density at radius 2 is 1.62 bits per heavy atom. The molecule has 2 nitrogen and oxygen atoms in total. The second-order valence-electron chi connectivity index (χ2n) is 3.33. The number of anilines is 3. The van der Waals surface area contributed by atoms with E-state index in [1.54, 1.807) is 6.07 Å². The van der Waals surface area contributed by atoms with Crippen LogP contribution in [0.3, 0.4) is 0 Å². The van der Waals surface area contributed by atoms with Crippen LogP contribution in [0.2, 0.25) is 10.0 Å². The normalized spacial score (nSPS) is 10.1. The van der Waals surface area contributed by atoms with Gasteiger partial charge in [-0.3, -0.25) is 0 Å². The SMILES string of the molecule is Nc1c(Cl)cccc1Nc1ccc(Cl)cc1. The molecule has 3 N–H and O–H groups in total. The Morgan fingerprint density at radius 1 is 0.938 bits per heavy atom. The fourth-order valence-electron chi connectivity index (χ4n) is 1.33. The standard InChI is InChI=1S/C12H10Cl2N2/c13-8-4-6-9(7-5-8)16-11-3-1-2-10(14)12(11)15/h1-7,16H,15H2. The lowest BCUT2D eigenvalue weighted by molar-refractivity contribution is 1.55. The van der Waals surface area contributed by atoms with Crippen LogP contribution < -0.4 is 11.1 Å². The largest absolute Gasteiger partial charge is 0.396 e. The number of halogens is 2. The molecule has 0 spiro atoms. The van der Waals surface area contributed by atoms with E-state index in [4.69, 9.17) is 28.9 Å². The summed E-state index contributed by atoms with van der Waals surface area (Å²) in [5.74, 6) is 0. The Bertz CT molecular complexity index is 495. The van der Waals surface area contributed by atoms with Gasteiger partial charge in [0.05, 0.1) is 16.4 Å². The van der Waals surface area contributed by atoms with Gasteiger partial charge in [0.15, 0.2) is 0 Å². The lowest BCUT2D eigenvalue weighted by Crippen LogP contribution is -1.96. The highest BCUT2D eigenvalue weighted by atomic mass is 35.5. The summed E-state index contributed by atoms with van der Waals surface area (Å²) in [4.78, 5) is 0. The molecule has 4 heteroatoms. The van der Waals surface area contributed by atoms with Gasteiger partial charge in [-0.05, 0) is 36.4 Å². The van der Waals surface area contributed by atoms with Crippen molar-refractivity contribution >= 4 is 40.3 Å². The van der Waals surface area contributed by atoms with Crippen LogP contribution in [0.4, 0.5) is 17.1 Å². The van der Waals surface area contributed by atoms with Crippen molar-refractivity contribution < 1.29 is 0 Å². The summed E-state index contributed by atoms with van der Waals surface area (Å²) in [5, 5.41) is 4.41. The van der Waals surface area contributed by atoms with E-state index in [-0.39, 0.29) is 0 Å². The van der Waals surface area contributed by atoms with Gasteiger partial charge in [-0.25, -0.2) is 0 Å². The third kappa shape index (κ3) is 2.40. The van der Waals surface area contributed by atoms with Crippen LogP contribution in [-0.4, -0.2) is 0 Å². The van der Waals surface area contributed by atoms with Gasteiger partial charge < -0.3 is 11.1 Å². The smallest absolute Gasteiger partial charge is 0.0742 e. The topological polar surface area (TPSA) is 38.0 Å². The second-order valence-corrected chi connectivity index (χ2v) is 4.18. The Balaban J connectivity index is 2.27. The predicted octanol–water partition coefficient (Wildman–Crippen LogP) is 4.32. The average molecular weight is 253 g/mol. The van der Waals surface area contributed by atoms with Crippen molar-refractivity contribution in [2.45, 2.75) is 0 Å². The molecule has 2 aromatic carbocycles. The van der Waals surface area contributed by atoms with Crippen molar-refractivity contribution in [3.8, 4) is 0 Å². The monoisotopic (exact) mass is 252 g/mol. The molecule has 0 aliphatic heterocycles. The summed E-state index contributed by atoms with van der Waals surface area (Å²) >= 11 is 11.7. The van der Waals surface area contributed by atoms with E-state index in [1.165, 1.54) is 0 Å². The van der Waals surface area contributed by atoms with Crippen LogP contribution in [0.25, 0.3) is 0 Å². The minimum Gasteiger partial charge on any atom is -0.396 e. The van der Waals surface area contributed by atoms with E-state index in [1.807, 2.05) is 36.4 Å². The van der Waals surface area contributed by atoms with Crippen LogP contribution in [0.15, 0.2) is 42.5 Å². The molecule has 16 heavy (non-hydrogen) atoms. The lowest BCUT2D eigenvalue weighted by Gasteiger charge is -2.10. The van der Waals surface area contributed by atoms with E-state index in [0.717, 1.165) is 11.4 Å². The first kappa shape index (κ1) is 11.1. The zero-order valence-corrected chi connectivity index (χ0v) is 9.89. The molecule has 2 aromatic rings. The molecule has 0 heterocycles. The van der Waals surface area contributed by atoms with E-state index < -0.39 is 0 Å². The molecule has 82 valence electrons. The Hall–Kier alpha value is -1.38. The van der Waals surface area contributed by atoms with E-state index in [0.29, 0.717) is 15.7 Å². The molecule has 0 bridgehead atoms. The summed E-state index contributed by atoms with van der Waals surface area (Å²) in [5.41, 5.74) is 8.08. The highest BCUT2D eigenvalue weighted by molar-refractivity contribution is 6.33. The van der Waals surface area contributed by atoms with Gasteiger partial charge in [-0.15, -0.1) is 0 Å². The summed E-state index contributed by atoms with van der Waals surface area (Å²) in [6.07, 6.45) is 0. The maximum Gasteiger partial charge on any atom is 0.0742 e. The first-order chi connectivity index (χ1) is 7.66. The molecule has 0 unspecified atom stereocenters. The van der Waals surface area contributed by atoms with E-state index in [9.17, 15) is 0 Å². The third-order valence-corrected chi connectivity index (χ3v) is 2.76. The molecule has 2 rings (SSSR count). The molecule has 0 aromatic heterocycles. The Labute approximate surface area is 104 Å². The first-order valence-electron chi connectivity index (χ1n) is 4.73. The quantitative estimate of drug-likeness (QED) is 0.782. The third-order valence-electron chi connectivity index (χ3n) is 2.18. The molecule has 0 amide bonds. The second kappa shape index (κ2) is 4.64. The highest BCUT2D eigenvalue weighted by Gasteiger charge is 2.02. The minimum absolute atomic E-state index is 0.541. The lowest BCUT2D eigenvalue weighted by atomic mass is 10.2. The maximum atomic E-state index is 5.92. The zero-order chi connectivity index (χ0) is 11.5. The van der Waals surface area contributed by atoms with Gasteiger partial charge in [0.25, 0.3) is 0 Å². The summed E-state index contributed by atoms with van der Waals surface area (Å²) in [6, 6.07) is 12.8. The molecule has 0 aliphatic rings. The fourth-order valence-corrected chi connectivity index (χ4v) is 1.64. The van der Waals surface area contributed by atoms with E-state index >= 15 is 0 Å². The number of benzene rings is 2. The predicted molar refractivity (Wildman–Crippen MR) is 70.6 cm³/mol. The van der Waals surface area contributed by atoms with Crippen LogP contribution in [0.5, 0.6) is 0 Å². The van der Waals surface area contributed by atoms with Gasteiger partial charge in [0.1, 0.15) is 0 Å². The molecule has 0 fully saturated rings. The Morgan fingerprint density at radius 3 is 2.31 bits per heavy atom. The molecule has 0 saturated carbocycles. The van der Waals surface area contributed by atoms with Gasteiger partial charge >= 0.3 is 0 Å². The van der Waals surface area contributed by atoms with Gasteiger partial charge in [-0.1, -0.05) is 29.3 Å². The number of hydrogen-bond donors (Lipinski definition) is 2. The van der Waals surface area contributed by atoms with Crippen LogP contribution in [0.1, 0.15) is 0 Å². The van der Waals surface area contributed by atoms with Crippen molar-refractivity contribution in [2.75, 3.05) is 11.1 Å². The number of nitrogens with one attached hydrogen (secondary N) is 1. The van der Waals surface area contributed by atoms with Gasteiger partial charge in [-0.2, -0.15) is 0 Å². The highest BCUT2D eigenvalue weighted by Crippen LogP contribution is 2.29. The molecule has 0 radical (unpaired) electrons. The van der Waals surface area contributed by atoms with Gasteiger partial charge in [0.2, 0.25) is 0 Å². The Kier molecular flexibility index (Phi) is 3.22. The molecule has 0 atom stereocenters. The zero-order valence-electron chi connectivity index (χ0n) is 8.37. The van der Waals surface area contributed by atoms with E-state index in [2.05, 4.69) is 5.32 Å². The van der Waals surface area contributed by atoms with Crippen LogP contribution in [0, 0.1) is 0 Å². The number of hydrogen-bond acceptors (Lipinski definition) is 2. The molecular formula is C12H10Cl2N2. The first-order valence-corrected chi connectivity index (χ1v) is 5.49. The maximum absolute atomic E-state index is 5.92. The van der Waals surface area contributed by atoms with Gasteiger partial charge in [0, 0.05) is 10.7 Å². The summed E-state index contributed by atoms with van der Waals surface area (Å²) < 4.78 is 0. The molecule has 0 saturated heterocycles. The minimum atomic E-state index is 0.541. The van der Waals surface area contributed by atoms with Crippen molar-refractivity contribution in [3.63, 3.8) is 0 Å². The average Bonchev–Trinajstić information content (AvgIpc) is 2.28. The van der Waals surface area contributed by atoms with Crippen molar-refractivity contribution in [3.05, 3.63) is 52.5 Å². The van der Waals surface area contributed by atoms with Crippen molar-refractivity contribution in [1.29, 1.82) is 0 Å².